The van der Waals surface area contributed by atoms with E-state index in [0.29, 0.717) is 5.13 Å². The fourth-order valence-electron chi connectivity index (χ4n) is 1.99. The molecule has 2 N–H and O–H groups in total. The SMILES string of the molecule is CCNS(=O)(=O)c1ccc(OC)c(C(=O)Nc2nnc(C(C)C)s2)c1. The van der Waals surface area contributed by atoms with Crippen molar-refractivity contribution in [3.05, 3.63) is 28.8 Å². The van der Waals surface area contributed by atoms with Crippen molar-refractivity contribution >= 4 is 32.4 Å². The second-order valence-electron chi connectivity index (χ2n) is 5.42. The smallest absolute Gasteiger partial charge is 0.261 e. The van der Waals surface area contributed by atoms with Gasteiger partial charge in [-0.05, 0) is 18.2 Å². The monoisotopic (exact) mass is 384 g/mol. The maximum atomic E-state index is 12.5. The average molecular weight is 384 g/mol. The van der Waals surface area contributed by atoms with Crippen LogP contribution >= 0.6 is 11.3 Å². The number of hydrogen-bond acceptors (Lipinski definition) is 7. The molecule has 0 aliphatic rings. The summed E-state index contributed by atoms with van der Waals surface area (Å²) in [4.78, 5) is 12.5. The van der Waals surface area contributed by atoms with Gasteiger partial charge in [-0.15, -0.1) is 10.2 Å². The topological polar surface area (TPSA) is 110 Å². The summed E-state index contributed by atoms with van der Waals surface area (Å²) in [7, 11) is -2.27. The molecule has 0 saturated carbocycles. The lowest BCUT2D eigenvalue weighted by atomic mass is 10.2. The summed E-state index contributed by atoms with van der Waals surface area (Å²) in [6.45, 7) is 5.88. The van der Waals surface area contributed by atoms with E-state index in [-0.39, 0.29) is 28.7 Å². The molecule has 1 heterocycles. The highest BCUT2D eigenvalue weighted by Gasteiger charge is 2.20. The van der Waals surface area contributed by atoms with E-state index in [9.17, 15) is 13.2 Å². The molecule has 0 aliphatic carbocycles. The van der Waals surface area contributed by atoms with Crippen LogP contribution in [0.4, 0.5) is 5.13 Å². The minimum absolute atomic E-state index is 0.0135. The molecule has 10 heteroatoms. The number of nitrogens with one attached hydrogen (secondary N) is 2. The highest BCUT2D eigenvalue weighted by atomic mass is 32.2. The van der Waals surface area contributed by atoms with Crippen molar-refractivity contribution in [3.63, 3.8) is 0 Å². The van der Waals surface area contributed by atoms with Gasteiger partial charge in [-0.1, -0.05) is 32.1 Å². The van der Waals surface area contributed by atoms with Crippen LogP contribution in [0, 0.1) is 0 Å². The molecule has 136 valence electrons. The van der Waals surface area contributed by atoms with Gasteiger partial charge in [0, 0.05) is 12.5 Å². The van der Waals surface area contributed by atoms with Crippen LogP contribution in [-0.2, 0) is 10.0 Å². The molecular formula is C15H20N4O4S2. The Morgan fingerprint density at radius 2 is 2.04 bits per heavy atom. The predicted molar refractivity (Wildman–Crippen MR) is 95.8 cm³/mol. The number of carbonyl (C=O) groups is 1. The van der Waals surface area contributed by atoms with Crippen molar-refractivity contribution in [1.29, 1.82) is 0 Å². The summed E-state index contributed by atoms with van der Waals surface area (Å²) >= 11 is 1.27. The minimum Gasteiger partial charge on any atom is -0.496 e. The van der Waals surface area contributed by atoms with Crippen LogP contribution in [0.2, 0.25) is 0 Å². The molecule has 1 aromatic carbocycles. The van der Waals surface area contributed by atoms with E-state index in [1.54, 1.807) is 6.92 Å². The normalized spacial score (nSPS) is 11.6. The molecule has 1 aromatic heterocycles. The average Bonchev–Trinajstić information content (AvgIpc) is 3.03. The maximum absolute atomic E-state index is 12.5. The Kier molecular flexibility index (Phi) is 6.09. The number of nitrogens with zero attached hydrogens (tertiary/aromatic N) is 2. The Balaban J connectivity index is 2.33. The lowest BCUT2D eigenvalue weighted by Gasteiger charge is -2.11. The molecule has 0 fully saturated rings. The van der Waals surface area contributed by atoms with Crippen molar-refractivity contribution in [3.8, 4) is 5.75 Å². The first-order valence-corrected chi connectivity index (χ1v) is 9.91. The largest absolute Gasteiger partial charge is 0.496 e. The van der Waals surface area contributed by atoms with Crippen LogP contribution < -0.4 is 14.8 Å². The van der Waals surface area contributed by atoms with Gasteiger partial charge in [0.1, 0.15) is 10.8 Å². The van der Waals surface area contributed by atoms with Crippen LogP contribution in [0.15, 0.2) is 23.1 Å². The Morgan fingerprint density at radius 3 is 2.60 bits per heavy atom. The lowest BCUT2D eigenvalue weighted by Crippen LogP contribution is -2.23. The fourth-order valence-corrected chi connectivity index (χ4v) is 3.80. The van der Waals surface area contributed by atoms with E-state index >= 15 is 0 Å². The predicted octanol–water partition coefficient (Wildman–Crippen LogP) is 2.22. The van der Waals surface area contributed by atoms with E-state index < -0.39 is 15.9 Å². The second kappa shape index (κ2) is 7.89. The van der Waals surface area contributed by atoms with Gasteiger partial charge < -0.3 is 4.74 Å². The number of sulfonamides is 1. The highest BCUT2D eigenvalue weighted by Crippen LogP contribution is 2.26. The number of rotatable bonds is 7. The number of hydrogen-bond donors (Lipinski definition) is 2. The zero-order chi connectivity index (χ0) is 18.6. The van der Waals surface area contributed by atoms with Crippen molar-refractivity contribution in [2.75, 3.05) is 19.0 Å². The van der Waals surface area contributed by atoms with Crippen molar-refractivity contribution in [2.24, 2.45) is 0 Å². The Bertz CT molecular complexity index is 862. The third kappa shape index (κ3) is 4.53. The zero-order valence-corrected chi connectivity index (χ0v) is 16.0. The summed E-state index contributed by atoms with van der Waals surface area (Å²) < 4.78 is 31.8. The van der Waals surface area contributed by atoms with Gasteiger partial charge in [-0.2, -0.15) is 0 Å². The molecule has 0 unspecified atom stereocenters. The van der Waals surface area contributed by atoms with E-state index in [0.717, 1.165) is 5.01 Å². The molecule has 0 aliphatic heterocycles. The minimum atomic E-state index is -3.68. The van der Waals surface area contributed by atoms with Crippen LogP contribution in [0.25, 0.3) is 0 Å². The lowest BCUT2D eigenvalue weighted by molar-refractivity contribution is 0.102. The number of carbonyl (C=O) groups excluding carboxylic acids is 1. The Labute approximate surface area is 150 Å². The number of methoxy groups -OCH3 is 1. The molecule has 0 radical (unpaired) electrons. The zero-order valence-electron chi connectivity index (χ0n) is 14.4. The molecule has 0 spiro atoms. The number of amides is 1. The van der Waals surface area contributed by atoms with Gasteiger partial charge in [0.2, 0.25) is 15.2 Å². The van der Waals surface area contributed by atoms with Crippen LogP contribution in [-0.4, -0.2) is 38.2 Å². The molecule has 1 amide bonds. The molecule has 25 heavy (non-hydrogen) atoms. The molecule has 8 nitrogen and oxygen atoms in total. The third-order valence-electron chi connectivity index (χ3n) is 3.22. The van der Waals surface area contributed by atoms with Crippen LogP contribution in [0.3, 0.4) is 0 Å². The standard InChI is InChI=1S/C15H20N4O4S2/c1-5-16-25(21,22)10-6-7-12(23-4)11(8-10)13(20)17-15-19-18-14(24-15)9(2)3/h6-9,16H,5H2,1-4H3,(H,17,19,20). The van der Waals surface area contributed by atoms with Crippen molar-refractivity contribution in [1.82, 2.24) is 14.9 Å². The van der Waals surface area contributed by atoms with Crippen LogP contribution in [0.5, 0.6) is 5.75 Å². The van der Waals surface area contributed by atoms with Gasteiger partial charge in [-0.25, -0.2) is 13.1 Å². The molecule has 2 aromatic rings. The van der Waals surface area contributed by atoms with E-state index in [1.807, 2.05) is 13.8 Å². The maximum Gasteiger partial charge on any atom is 0.261 e. The molecular weight excluding hydrogens is 364 g/mol. The van der Waals surface area contributed by atoms with E-state index in [4.69, 9.17) is 4.74 Å². The van der Waals surface area contributed by atoms with Gasteiger partial charge >= 0.3 is 0 Å². The summed E-state index contributed by atoms with van der Waals surface area (Å²) in [6.07, 6.45) is 0. The van der Waals surface area contributed by atoms with Gasteiger partial charge in [-0.3, -0.25) is 10.1 Å². The number of benzene rings is 1. The summed E-state index contributed by atoms with van der Waals surface area (Å²) in [5, 5.41) is 11.7. The first-order chi connectivity index (χ1) is 11.8. The number of ether oxygens (including phenoxy) is 1. The molecule has 2 rings (SSSR count). The number of anilines is 1. The van der Waals surface area contributed by atoms with Crippen molar-refractivity contribution in [2.45, 2.75) is 31.6 Å². The van der Waals surface area contributed by atoms with Gasteiger partial charge in [0.05, 0.1) is 17.6 Å². The fraction of sp³-hybridized carbons (Fsp3) is 0.400. The summed E-state index contributed by atoms with van der Waals surface area (Å²) in [5.41, 5.74) is 0.0998. The molecule has 0 saturated heterocycles. The third-order valence-corrected chi connectivity index (χ3v) is 5.90. The second-order valence-corrected chi connectivity index (χ2v) is 8.19. The number of aromatic nitrogens is 2. The van der Waals surface area contributed by atoms with E-state index in [2.05, 4.69) is 20.2 Å². The Morgan fingerprint density at radius 1 is 1.32 bits per heavy atom. The molecule has 0 atom stereocenters. The summed E-state index contributed by atoms with van der Waals surface area (Å²) in [6, 6.07) is 4.10. The van der Waals surface area contributed by atoms with Crippen LogP contribution in [0.1, 0.15) is 42.1 Å². The first-order valence-electron chi connectivity index (χ1n) is 7.61. The first kappa shape index (κ1) is 19.3. The summed E-state index contributed by atoms with van der Waals surface area (Å²) in [5.74, 6) is -0.0512. The quantitative estimate of drug-likeness (QED) is 0.757. The Hall–Kier alpha value is -2.04. The van der Waals surface area contributed by atoms with E-state index in [1.165, 1.54) is 36.6 Å². The molecule has 0 bridgehead atoms. The van der Waals surface area contributed by atoms with Crippen molar-refractivity contribution < 1.29 is 17.9 Å². The highest BCUT2D eigenvalue weighted by molar-refractivity contribution is 7.89. The van der Waals surface area contributed by atoms with Gasteiger partial charge in [0.25, 0.3) is 5.91 Å². The van der Waals surface area contributed by atoms with Gasteiger partial charge in [0.15, 0.2) is 0 Å².